The molecule has 4 N–H and O–H groups in total. The number of aryl methyl sites for hydroxylation is 1. The van der Waals surface area contributed by atoms with Crippen molar-refractivity contribution in [2.75, 3.05) is 17.7 Å². The van der Waals surface area contributed by atoms with Crippen LogP contribution in [-0.4, -0.2) is 27.2 Å². The predicted octanol–water partition coefficient (Wildman–Crippen LogP) is 2.02. The van der Waals surface area contributed by atoms with Crippen LogP contribution in [0.25, 0.3) is 10.2 Å². The molecule has 0 spiro atoms. The monoisotopic (exact) mass is 266 g/mol. The number of thiophene rings is 1. The standard InChI is InChI=1S/C12H18N4OS/c1-4-7-5-8-9(16-12(2,3)6-17)14-11(13)15-10(8)18-7/h5,17H,4,6H2,1-3H3,(H3,13,14,15,16). The number of fused-ring (bicyclic) bond motifs is 1. The van der Waals surface area contributed by atoms with Crippen LogP contribution in [0.5, 0.6) is 0 Å². The molecule has 0 unspecified atom stereocenters. The number of nitrogens with one attached hydrogen (secondary N) is 1. The van der Waals surface area contributed by atoms with Gasteiger partial charge in [0.2, 0.25) is 5.95 Å². The van der Waals surface area contributed by atoms with Gasteiger partial charge in [0.15, 0.2) is 0 Å². The lowest BCUT2D eigenvalue weighted by molar-refractivity contribution is 0.234. The van der Waals surface area contributed by atoms with E-state index >= 15 is 0 Å². The average Bonchev–Trinajstić information content (AvgIpc) is 2.71. The van der Waals surface area contributed by atoms with Crippen molar-refractivity contribution >= 4 is 33.3 Å². The van der Waals surface area contributed by atoms with Crippen LogP contribution in [0.15, 0.2) is 6.07 Å². The van der Waals surface area contributed by atoms with Crippen molar-refractivity contribution in [3.8, 4) is 0 Å². The first kappa shape index (κ1) is 13.0. The van der Waals surface area contributed by atoms with Gasteiger partial charge in [0, 0.05) is 4.88 Å². The van der Waals surface area contributed by atoms with Crippen molar-refractivity contribution in [2.45, 2.75) is 32.7 Å². The fraction of sp³-hybridized carbons (Fsp3) is 0.500. The molecule has 0 radical (unpaired) electrons. The van der Waals surface area contributed by atoms with Gasteiger partial charge in [-0.05, 0) is 26.3 Å². The van der Waals surface area contributed by atoms with Crippen LogP contribution < -0.4 is 11.1 Å². The summed E-state index contributed by atoms with van der Waals surface area (Å²) in [6.07, 6.45) is 0.962. The fourth-order valence-corrected chi connectivity index (χ4v) is 2.59. The summed E-state index contributed by atoms with van der Waals surface area (Å²) in [7, 11) is 0. The fourth-order valence-electron chi connectivity index (χ4n) is 1.62. The topological polar surface area (TPSA) is 84.1 Å². The normalized spacial score (nSPS) is 12.0. The summed E-state index contributed by atoms with van der Waals surface area (Å²) in [5.41, 5.74) is 5.28. The molecule has 0 aliphatic carbocycles. The summed E-state index contributed by atoms with van der Waals surface area (Å²) in [5.74, 6) is 0.941. The first-order valence-electron chi connectivity index (χ1n) is 5.90. The number of anilines is 2. The van der Waals surface area contributed by atoms with Crippen LogP contribution in [0, 0.1) is 0 Å². The first-order chi connectivity index (χ1) is 8.45. The molecule has 0 saturated heterocycles. The van der Waals surface area contributed by atoms with E-state index in [0.717, 1.165) is 16.6 Å². The van der Waals surface area contributed by atoms with Crippen molar-refractivity contribution < 1.29 is 5.11 Å². The highest BCUT2D eigenvalue weighted by atomic mass is 32.1. The molecule has 0 aromatic carbocycles. The van der Waals surface area contributed by atoms with Gasteiger partial charge >= 0.3 is 0 Å². The average molecular weight is 266 g/mol. The van der Waals surface area contributed by atoms with Crippen LogP contribution in [0.3, 0.4) is 0 Å². The number of rotatable bonds is 4. The molecular weight excluding hydrogens is 248 g/mol. The molecule has 5 nitrogen and oxygen atoms in total. The van der Waals surface area contributed by atoms with Crippen molar-refractivity contribution in [2.24, 2.45) is 0 Å². The molecule has 98 valence electrons. The Labute approximate surface area is 110 Å². The zero-order valence-electron chi connectivity index (χ0n) is 10.8. The van der Waals surface area contributed by atoms with Crippen LogP contribution in [0.4, 0.5) is 11.8 Å². The summed E-state index contributed by atoms with van der Waals surface area (Å²) in [6, 6.07) is 2.08. The highest BCUT2D eigenvalue weighted by Gasteiger charge is 2.19. The Morgan fingerprint density at radius 2 is 2.17 bits per heavy atom. The highest BCUT2D eigenvalue weighted by Crippen LogP contribution is 2.31. The summed E-state index contributed by atoms with van der Waals surface area (Å²) in [5, 5.41) is 13.5. The minimum absolute atomic E-state index is 0.0170. The number of hydrogen-bond donors (Lipinski definition) is 3. The van der Waals surface area contributed by atoms with Crippen LogP contribution in [-0.2, 0) is 6.42 Å². The van der Waals surface area contributed by atoms with Gasteiger partial charge in [-0.15, -0.1) is 11.3 Å². The third kappa shape index (κ3) is 2.54. The molecule has 0 amide bonds. The minimum atomic E-state index is -0.442. The van der Waals surface area contributed by atoms with E-state index in [1.807, 2.05) is 13.8 Å². The third-order valence-electron chi connectivity index (χ3n) is 2.66. The van der Waals surface area contributed by atoms with E-state index < -0.39 is 5.54 Å². The summed E-state index contributed by atoms with van der Waals surface area (Å²) in [4.78, 5) is 10.6. The van der Waals surface area contributed by atoms with E-state index in [0.29, 0.717) is 5.82 Å². The van der Waals surface area contributed by atoms with E-state index in [4.69, 9.17) is 5.73 Å². The smallest absolute Gasteiger partial charge is 0.223 e. The minimum Gasteiger partial charge on any atom is -0.394 e. The molecule has 2 heterocycles. The second-order valence-electron chi connectivity index (χ2n) is 4.88. The quantitative estimate of drug-likeness (QED) is 0.788. The Morgan fingerprint density at radius 3 is 2.78 bits per heavy atom. The van der Waals surface area contributed by atoms with Crippen molar-refractivity contribution in [1.82, 2.24) is 9.97 Å². The van der Waals surface area contributed by atoms with Crippen LogP contribution in [0.1, 0.15) is 25.6 Å². The molecule has 2 aromatic rings. The summed E-state index contributed by atoms with van der Waals surface area (Å²) < 4.78 is 0. The highest BCUT2D eigenvalue weighted by molar-refractivity contribution is 7.18. The molecule has 0 aliphatic heterocycles. The maximum Gasteiger partial charge on any atom is 0.223 e. The molecule has 2 aromatic heterocycles. The molecule has 18 heavy (non-hydrogen) atoms. The Morgan fingerprint density at radius 1 is 1.44 bits per heavy atom. The molecule has 0 aliphatic rings. The van der Waals surface area contributed by atoms with Crippen LogP contribution in [0.2, 0.25) is 0 Å². The number of nitrogens with two attached hydrogens (primary N) is 1. The van der Waals surface area contributed by atoms with Crippen LogP contribution >= 0.6 is 11.3 Å². The Bertz CT molecular complexity index is 564. The number of nitrogens with zero attached hydrogens (tertiary/aromatic N) is 2. The lowest BCUT2D eigenvalue weighted by Gasteiger charge is -2.24. The Balaban J connectivity index is 2.51. The second-order valence-corrected chi connectivity index (χ2v) is 6.00. The van der Waals surface area contributed by atoms with Crippen molar-refractivity contribution in [3.63, 3.8) is 0 Å². The zero-order valence-corrected chi connectivity index (χ0v) is 11.6. The Hall–Kier alpha value is -1.40. The van der Waals surface area contributed by atoms with E-state index in [-0.39, 0.29) is 12.6 Å². The lowest BCUT2D eigenvalue weighted by atomic mass is 10.1. The SMILES string of the molecule is CCc1cc2c(NC(C)(C)CO)nc(N)nc2s1. The summed E-state index contributed by atoms with van der Waals surface area (Å²) in [6.45, 7) is 5.93. The van der Waals surface area contributed by atoms with Gasteiger partial charge in [0.1, 0.15) is 10.6 Å². The van der Waals surface area contributed by atoms with E-state index in [1.54, 1.807) is 11.3 Å². The van der Waals surface area contributed by atoms with Gasteiger partial charge in [0.05, 0.1) is 17.5 Å². The molecule has 2 rings (SSSR count). The number of aliphatic hydroxyl groups excluding tert-OH is 1. The van der Waals surface area contributed by atoms with E-state index in [9.17, 15) is 5.11 Å². The predicted molar refractivity (Wildman–Crippen MR) is 76.0 cm³/mol. The van der Waals surface area contributed by atoms with Gasteiger partial charge in [-0.1, -0.05) is 6.92 Å². The molecule has 0 bridgehead atoms. The molecule has 6 heteroatoms. The first-order valence-corrected chi connectivity index (χ1v) is 6.72. The number of nitrogen functional groups attached to an aromatic ring is 1. The largest absolute Gasteiger partial charge is 0.394 e. The van der Waals surface area contributed by atoms with Crippen molar-refractivity contribution in [3.05, 3.63) is 10.9 Å². The molecule has 0 atom stereocenters. The van der Waals surface area contributed by atoms with Gasteiger partial charge in [-0.3, -0.25) is 0 Å². The van der Waals surface area contributed by atoms with E-state index in [2.05, 4.69) is 28.3 Å². The van der Waals surface area contributed by atoms with Gasteiger partial charge in [-0.2, -0.15) is 4.98 Å². The van der Waals surface area contributed by atoms with E-state index in [1.165, 1.54) is 4.88 Å². The van der Waals surface area contributed by atoms with Gasteiger partial charge in [-0.25, -0.2) is 4.98 Å². The summed E-state index contributed by atoms with van der Waals surface area (Å²) >= 11 is 1.63. The maximum absolute atomic E-state index is 9.31. The maximum atomic E-state index is 9.31. The number of aromatic nitrogens is 2. The zero-order chi connectivity index (χ0) is 13.3. The molecule has 0 saturated carbocycles. The van der Waals surface area contributed by atoms with Gasteiger partial charge in [0.25, 0.3) is 0 Å². The number of hydrogen-bond acceptors (Lipinski definition) is 6. The van der Waals surface area contributed by atoms with Crippen molar-refractivity contribution in [1.29, 1.82) is 0 Å². The second kappa shape index (κ2) is 4.70. The Kier molecular flexibility index (Phi) is 3.41. The lowest BCUT2D eigenvalue weighted by Crippen LogP contribution is -2.35. The number of aliphatic hydroxyl groups is 1. The molecule has 0 fully saturated rings. The molecular formula is C12H18N4OS. The van der Waals surface area contributed by atoms with Gasteiger partial charge < -0.3 is 16.2 Å². The third-order valence-corrected chi connectivity index (χ3v) is 3.83.